The van der Waals surface area contributed by atoms with Gasteiger partial charge >= 0.3 is 0 Å². The van der Waals surface area contributed by atoms with Gasteiger partial charge in [0.2, 0.25) is 0 Å². The number of nitrogens with zero attached hydrogens (tertiary/aromatic N) is 4. The highest BCUT2D eigenvalue weighted by atomic mass is 16.6. The molecule has 5 rings (SSSR count). The van der Waals surface area contributed by atoms with E-state index < -0.39 is 0 Å². The van der Waals surface area contributed by atoms with Crippen molar-refractivity contribution in [3.05, 3.63) is 30.3 Å². The molecule has 7 nitrogen and oxygen atoms in total. The quantitative estimate of drug-likeness (QED) is 0.635. The third-order valence-electron chi connectivity index (χ3n) is 6.07. The van der Waals surface area contributed by atoms with Crippen LogP contribution in [0.1, 0.15) is 12.8 Å². The molecule has 2 aromatic carbocycles. The summed E-state index contributed by atoms with van der Waals surface area (Å²) in [4.78, 5) is 4.97. The number of benzene rings is 2. The molecule has 2 aliphatic rings. The van der Waals surface area contributed by atoms with E-state index >= 15 is 0 Å². The SMILES string of the molecule is COc1ccc(-c2cc(N3CC(CN4CCCC4)C3)c3nonc3c2)c(OC)c1. The van der Waals surface area contributed by atoms with Crippen molar-refractivity contribution in [3.8, 4) is 22.6 Å². The largest absolute Gasteiger partial charge is 0.497 e. The summed E-state index contributed by atoms with van der Waals surface area (Å²) in [6.45, 7) is 5.79. The standard InChI is InChI=1S/C22H26N4O3/c1-27-17-5-6-18(21(11-17)28-2)16-9-19-22(24-29-23-19)20(10-16)26-13-15(14-26)12-25-7-3-4-8-25/h5-6,9-11,15H,3-4,7-8,12-14H2,1-2H3. The third kappa shape index (κ3) is 3.40. The van der Waals surface area contributed by atoms with Gasteiger partial charge in [0.15, 0.2) is 5.52 Å². The average molecular weight is 394 g/mol. The van der Waals surface area contributed by atoms with E-state index in [0.29, 0.717) is 5.92 Å². The summed E-state index contributed by atoms with van der Waals surface area (Å²) in [6.07, 6.45) is 2.68. The van der Waals surface area contributed by atoms with Crippen LogP contribution in [0.25, 0.3) is 22.2 Å². The van der Waals surface area contributed by atoms with Crippen molar-refractivity contribution in [2.24, 2.45) is 5.92 Å². The molecule has 0 bridgehead atoms. The molecule has 0 unspecified atom stereocenters. The van der Waals surface area contributed by atoms with Gasteiger partial charge in [-0.25, -0.2) is 4.63 Å². The number of hydrogen-bond donors (Lipinski definition) is 0. The van der Waals surface area contributed by atoms with E-state index in [-0.39, 0.29) is 0 Å². The predicted molar refractivity (Wildman–Crippen MR) is 112 cm³/mol. The second-order valence-electron chi connectivity index (χ2n) is 7.97. The minimum absolute atomic E-state index is 0.710. The molecule has 0 N–H and O–H groups in total. The summed E-state index contributed by atoms with van der Waals surface area (Å²) in [5, 5.41) is 8.28. The van der Waals surface area contributed by atoms with Crippen LogP contribution in [-0.2, 0) is 0 Å². The van der Waals surface area contributed by atoms with Crippen LogP contribution < -0.4 is 14.4 Å². The number of hydrogen-bond acceptors (Lipinski definition) is 7. The average Bonchev–Trinajstić information content (AvgIpc) is 3.41. The van der Waals surface area contributed by atoms with Crippen molar-refractivity contribution in [1.29, 1.82) is 0 Å². The summed E-state index contributed by atoms with van der Waals surface area (Å²) in [7, 11) is 3.33. The van der Waals surface area contributed by atoms with E-state index in [1.54, 1.807) is 14.2 Å². The monoisotopic (exact) mass is 394 g/mol. The fraction of sp³-hybridized carbons (Fsp3) is 0.455. The molecule has 7 heteroatoms. The number of methoxy groups -OCH3 is 2. The molecule has 0 spiro atoms. The Hall–Kier alpha value is -2.80. The summed E-state index contributed by atoms with van der Waals surface area (Å²) >= 11 is 0. The van der Waals surface area contributed by atoms with Crippen molar-refractivity contribution >= 4 is 16.7 Å². The zero-order valence-corrected chi connectivity index (χ0v) is 16.9. The number of aromatic nitrogens is 2. The van der Waals surface area contributed by atoms with Crippen molar-refractivity contribution in [2.45, 2.75) is 12.8 Å². The smallest absolute Gasteiger partial charge is 0.158 e. The van der Waals surface area contributed by atoms with Crippen LogP contribution in [0.5, 0.6) is 11.5 Å². The van der Waals surface area contributed by atoms with Crippen LogP contribution in [0.4, 0.5) is 5.69 Å². The molecule has 3 aromatic rings. The Kier molecular flexibility index (Phi) is 4.75. The number of fused-ring (bicyclic) bond motifs is 1. The Balaban J connectivity index is 1.44. The highest BCUT2D eigenvalue weighted by molar-refractivity contribution is 5.93. The van der Waals surface area contributed by atoms with Crippen LogP contribution in [0, 0.1) is 5.92 Å². The molecule has 0 radical (unpaired) electrons. The van der Waals surface area contributed by atoms with E-state index in [0.717, 1.165) is 52.4 Å². The minimum Gasteiger partial charge on any atom is -0.497 e. The van der Waals surface area contributed by atoms with Gasteiger partial charge < -0.3 is 19.3 Å². The highest BCUT2D eigenvalue weighted by Crippen LogP contribution is 2.39. The fourth-order valence-corrected chi connectivity index (χ4v) is 4.52. The summed E-state index contributed by atoms with van der Waals surface area (Å²) in [5.74, 6) is 2.24. The number of anilines is 1. The zero-order chi connectivity index (χ0) is 19.8. The van der Waals surface area contributed by atoms with E-state index in [1.807, 2.05) is 24.3 Å². The molecule has 2 saturated heterocycles. The second-order valence-corrected chi connectivity index (χ2v) is 7.97. The van der Waals surface area contributed by atoms with E-state index in [1.165, 1.54) is 32.5 Å². The first-order chi connectivity index (χ1) is 14.2. The zero-order valence-electron chi connectivity index (χ0n) is 16.9. The van der Waals surface area contributed by atoms with Crippen LogP contribution in [0.3, 0.4) is 0 Å². The van der Waals surface area contributed by atoms with E-state index in [9.17, 15) is 0 Å². The van der Waals surface area contributed by atoms with Crippen LogP contribution in [0.15, 0.2) is 35.0 Å². The molecular formula is C22H26N4O3. The lowest BCUT2D eigenvalue weighted by molar-refractivity contribution is 0.247. The van der Waals surface area contributed by atoms with Crippen molar-refractivity contribution in [2.75, 3.05) is 51.8 Å². The van der Waals surface area contributed by atoms with Crippen LogP contribution in [0.2, 0.25) is 0 Å². The van der Waals surface area contributed by atoms with Gasteiger partial charge in [0, 0.05) is 37.2 Å². The van der Waals surface area contributed by atoms with Gasteiger partial charge in [0.1, 0.15) is 17.0 Å². The molecule has 0 amide bonds. The summed E-state index contributed by atoms with van der Waals surface area (Å²) in [6, 6.07) is 10.0. The topological polar surface area (TPSA) is 63.9 Å². The molecule has 2 fully saturated rings. The lowest BCUT2D eigenvalue weighted by Crippen LogP contribution is -2.51. The summed E-state index contributed by atoms with van der Waals surface area (Å²) in [5.41, 5.74) is 4.69. The van der Waals surface area contributed by atoms with Crippen molar-refractivity contribution < 1.29 is 14.1 Å². The lowest BCUT2D eigenvalue weighted by atomic mass is 9.96. The molecule has 0 saturated carbocycles. The lowest BCUT2D eigenvalue weighted by Gasteiger charge is -2.42. The Bertz CT molecular complexity index is 1010. The van der Waals surface area contributed by atoms with Crippen molar-refractivity contribution in [1.82, 2.24) is 15.2 Å². The number of ether oxygens (including phenoxy) is 2. The molecule has 3 heterocycles. The Morgan fingerprint density at radius 2 is 1.86 bits per heavy atom. The van der Waals surface area contributed by atoms with Gasteiger partial charge in [-0.3, -0.25) is 0 Å². The molecule has 1 aromatic heterocycles. The molecular weight excluding hydrogens is 368 g/mol. The number of rotatable bonds is 6. The molecule has 2 aliphatic heterocycles. The predicted octanol–water partition coefficient (Wildman–Crippen LogP) is 3.44. The second kappa shape index (κ2) is 7.55. The minimum atomic E-state index is 0.710. The Morgan fingerprint density at radius 1 is 1.03 bits per heavy atom. The maximum Gasteiger partial charge on any atom is 0.158 e. The Morgan fingerprint density at radius 3 is 2.62 bits per heavy atom. The number of likely N-dealkylation sites (tertiary alicyclic amines) is 1. The molecule has 152 valence electrons. The van der Waals surface area contributed by atoms with Crippen LogP contribution in [-0.4, -0.2) is 62.2 Å². The highest BCUT2D eigenvalue weighted by Gasteiger charge is 2.31. The molecule has 0 aliphatic carbocycles. The van der Waals surface area contributed by atoms with Gasteiger partial charge in [-0.05, 0) is 66.1 Å². The Labute approximate surface area is 170 Å². The maximum atomic E-state index is 5.61. The van der Waals surface area contributed by atoms with Gasteiger partial charge in [-0.2, -0.15) is 0 Å². The molecule has 0 atom stereocenters. The molecule has 29 heavy (non-hydrogen) atoms. The van der Waals surface area contributed by atoms with Gasteiger partial charge in [-0.1, -0.05) is 0 Å². The summed E-state index contributed by atoms with van der Waals surface area (Å²) < 4.78 is 16.0. The first-order valence-electron chi connectivity index (χ1n) is 10.2. The van der Waals surface area contributed by atoms with E-state index in [4.69, 9.17) is 14.1 Å². The maximum absolute atomic E-state index is 5.61. The van der Waals surface area contributed by atoms with Gasteiger partial charge in [0.05, 0.1) is 19.9 Å². The first-order valence-corrected chi connectivity index (χ1v) is 10.2. The van der Waals surface area contributed by atoms with Crippen LogP contribution >= 0.6 is 0 Å². The van der Waals surface area contributed by atoms with E-state index in [2.05, 4.69) is 26.2 Å². The van der Waals surface area contributed by atoms with Gasteiger partial charge in [0.25, 0.3) is 0 Å². The van der Waals surface area contributed by atoms with Gasteiger partial charge in [-0.15, -0.1) is 0 Å². The third-order valence-corrected chi connectivity index (χ3v) is 6.07. The normalized spacial score (nSPS) is 17.7. The fourth-order valence-electron chi connectivity index (χ4n) is 4.52. The van der Waals surface area contributed by atoms with Crippen molar-refractivity contribution in [3.63, 3.8) is 0 Å². The first kappa shape index (κ1) is 18.2.